The van der Waals surface area contributed by atoms with Crippen LogP contribution < -0.4 is 0 Å². The third kappa shape index (κ3) is 7.69. The van der Waals surface area contributed by atoms with Crippen LogP contribution in [0.5, 0.6) is 0 Å². The fourth-order valence-corrected chi connectivity index (χ4v) is 5.92. The molecule has 0 unspecified atom stereocenters. The average Bonchev–Trinajstić information content (AvgIpc) is 3.14. The first-order valence-electron chi connectivity index (χ1n) is 15.7. The van der Waals surface area contributed by atoms with Crippen molar-refractivity contribution in [2.45, 2.75) is 6.42 Å². The number of carbonyl (C=O) groups is 4. The van der Waals surface area contributed by atoms with E-state index in [0.29, 0.717) is 79.3 Å². The van der Waals surface area contributed by atoms with E-state index in [1.54, 1.807) is 70.7 Å². The van der Waals surface area contributed by atoms with Gasteiger partial charge in [-0.15, -0.1) is 0 Å². The van der Waals surface area contributed by atoms with Crippen LogP contribution in [0.25, 0.3) is 0 Å². The molecule has 0 aromatic heterocycles. The zero-order valence-corrected chi connectivity index (χ0v) is 26.1. The zero-order chi connectivity index (χ0) is 32.6. The average molecular weight is 625 g/mol. The highest BCUT2D eigenvalue weighted by Crippen LogP contribution is 2.21. The van der Waals surface area contributed by atoms with E-state index in [0.717, 1.165) is 0 Å². The second-order valence-electron chi connectivity index (χ2n) is 11.7. The third-order valence-corrected chi connectivity index (χ3v) is 8.28. The molecule has 0 aliphatic carbocycles. The van der Waals surface area contributed by atoms with Crippen LogP contribution in [0.2, 0.25) is 0 Å². The molecule has 0 spiro atoms. The summed E-state index contributed by atoms with van der Waals surface area (Å²) in [4.78, 5) is 61.3. The van der Waals surface area contributed by atoms with E-state index >= 15 is 0 Å². The number of Topliss-reactive ketones (excluding diaryl/α,β-unsaturated/α-hetero) is 2. The summed E-state index contributed by atoms with van der Waals surface area (Å²) in [6, 6.07) is 36.3. The Bertz CT molecular complexity index is 1660. The van der Waals surface area contributed by atoms with Gasteiger partial charge in [-0.05, 0) is 30.7 Å². The minimum atomic E-state index is -0.172. The van der Waals surface area contributed by atoms with Gasteiger partial charge in [-0.1, -0.05) is 97.1 Å². The zero-order valence-electron chi connectivity index (χ0n) is 26.1. The fraction of sp³-hybridized carbons (Fsp3) is 0.179. The van der Waals surface area contributed by atoms with Gasteiger partial charge in [0.15, 0.2) is 11.6 Å². The van der Waals surface area contributed by atoms with Gasteiger partial charge in [-0.25, -0.2) is 0 Å². The van der Waals surface area contributed by atoms with Crippen LogP contribution in [0.1, 0.15) is 47.9 Å². The number of rotatable bonds is 10. The number of amides is 2. The summed E-state index contributed by atoms with van der Waals surface area (Å²) >= 11 is 0. The Balaban J connectivity index is 1.17. The van der Waals surface area contributed by atoms with Crippen LogP contribution in [-0.2, 0) is 0 Å². The molecule has 2 aliphatic rings. The van der Waals surface area contributed by atoms with Gasteiger partial charge in [0, 0.05) is 72.0 Å². The molecular formula is C39H36N4O4. The maximum Gasteiger partial charge on any atom is 0.258 e. The van der Waals surface area contributed by atoms with Gasteiger partial charge in [0.2, 0.25) is 0 Å². The van der Waals surface area contributed by atoms with E-state index in [1.807, 2.05) is 72.8 Å². The Morgan fingerprint density at radius 1 is 0.447 bits per heavy atom. The van der Waals surface area contributed by atoms with E-state index in [9.17, 15) is 19.2 Å². The Morgan fingerprint density at radius 2 is 0.766 bits per heavy atom. The van der Waals surface area contributed by atoms with Crippen LogP contribution in [-0.4, -0.2) is 82.5 Å². The smallest absolute Gasteiger partial charge is 0.258 e. The summed E-state index contributed by atoms with van der Waals surface area (Å²) in [5, 5.41) is 0. The largest absolute Gasteiger partial charge is 0.301 e. The lowest BCUT2D eigenvalue weighted by molar-refractivity contribution is 0.0670. The lowest BCUT2D eigenvalue weighted by Crippen LogP contribution is -2.47. The molecule has 4 aromatic carbocycles. The van der Waals surface area contributed by atoms with E-state index in [4.69, 9.17) is 0 Å². The van der Waals surface area contributed by atoms with Gasteiger partial charge in [-0.2, -0.15) is 0 Å². The van der Waals surface area contributed by atoms with Crippen molar-refractivity contribution in [3.8, 4) is 0 Å². The molecule has 2 aliphatic heterocycles. The Hall–Kier alpha value is -5.44. The first-order chi connectivity index (χ1) is 23.0. The molecule has 2 amide bonds. The maximum absolute atomic E-state index is 13.5. The highest BCUT2D eigenvalue weighted by Gasteiger charge is 2.29. The summed E-state index contributed by atoms with van der Waals surface area (Å²) in [7, 11) is 0. The number of carbonyl (C=O) groups excluding carboxylic acids is 4. The molecule has 0 fully saturated rings. The van der Waals surface area contributed by atoms with E-state index in [-0.39, 0.29) is 23.4 Å². The van der Waals surface area contributed by atoms with Crippen molar-refractivity contribution in [3.05, 3.63) is 167 Å². The molecular weight excluding hydrogens is 588 g/mol. The summed E-state index contributed by atoms with van der Waals surface area (Å²) in [5.41, 5.74) is 3.34. The van der Waals surface area contributed by atoms with Crippen molar-refractivity contribution in [1.82, 2.24) is 19.6 Å². The molecule has 0 radical (unpaired) electrons. The number of hydrogen-bond donors (Lipinski definition) is 0. The molecule has 6 rings (SSSR count). The Labute approximate surface area is 274 Å². The van der Waals surface area contributed by atoms with Gasteiger partial charge in [-0.3, -0.25) is 29.0 Å². The molecule has 4 aromatic rings. The minimum absolute atomic E-state index is 0.110. The lowest BCUT2D eigenvalue weighted by Gasteiger charge is -2.36. The van der Waals surface area contributed by atoms with Crippen molar-refractivity contribution in [2.24, 2.45) is 0 Å². The molecule has 236 valence electrons. The molecule has 0 saturated heterocycles. The Morgan fingerprint density at radius 3 is 1.11 bits per heavy atom. The molecule has 0 N–H and O–H groups in total. The van der Waals surface area contributed by atoms with Crippen LogP contribution in [0, 0.1) is 0 Å². The van der Waals surface area contributed by atoms with Gasteiger partial charge < -0.3 is 9.80 Å². The molecule has 8 nitrogen and oxygen atoms in total. The number of ketones is 2. The maximum atomic E-state index is 13.5. The standard InChI is InChI=1S/C39H36N4O4/c44-36(30-14-5-1-6-15-30)34-24-40(28-42(26-34)38(46)32-18-9-3-10-19-32)22-13-23-41-25-35(37(45)31-16-7-2-8-17-31)27-43(29-41)39(47)33-20-11-4-12-21-33/h1-12,14-21,26-27H,13,22-25,28-29H2. The summed E-state index contributed by atoms with van der Waals surface area (Å²) in [6.07, 6.45) is 4.07. The van der Waals surface area contributed by atoms with Gasteiger partial charge in [0.1, 0.15) is 0 Å². The van der Waals surface area contributed by atoms with Crippen LogP contribution >= 0.6 is 0 Å². The van der Waals surface area contributed by atoms with Crippen molar-refractivity contribution >= 4 is 23.4 Å². The second-order valence-corrected chi connectivity index (χ2v) is 11.7. The second kappa shape index (κ2) is 14.8. The number of benzene rings is 4. The molecule has 2 heterocycles. The summed E-state index contributed by atoms with van der Waals surface area (Å²) < 4.78 is 0. The molecule has 0 saturated carbocycles. The lowest BCUT2D eigenvalue weighted by atomic mass is 10.0. The van der Waals surface area contributed by atoms with Crippen LogP contribution in [0.4, 0.5) is 0 Å². The van der Waals surface area contributed by atoms with Gasteiger partial charge >= 0.3 is 0 Å². The SMILES string of the molecule is O=C(C1=CN(C(=O)c2ccccc2)CN(CCCN2CC(C(=O)c3ccccc3)=CN(C(=O)c3ccccc3)C2)C1)c1ccccc1. The predicted molar refractivity (Wildman–Crippen MR) is 180 cm³/mol. The number of hydrogen-bond acceptors (Lipinski definition) is 6. The van der Waals surface area contributed by atoms with Crippen molar-refractivity contribution < 1.29 is 19.2 Å². The van der Waals surface area contributed by atoms with E-state index in [2.05, 4.69) is 9.80 Å². The normalized spacial score (nSPS) is 15.5. The topological polar surface area (TPSA) is 81.2 Å². The fourth-order valence-electron chi connectivity index (χ4n) is 5.92. The third-order valence-electron chi connectivity index (χ3n) is 8.28. The quantitative estimate of drug-likeness (QED) is 0.210. The van der Waals surface area contributed by atoms with Crippen molar-refractivity contribution in [1.29, 1.82) is 0 Å². The minimum Gasteiger partial charge on any atom is -0.301 e. The molecule has 8 heteroatoms. The summed E-state index contributed by atoms with van der Waals surface area (Å²) in [6.45, 7) is 2.70. The molecule has 47 heavy (non-hydrogen) atoms. The predicted octanol–water partition coefficient (Wildman–Crippen LogP) is 5.74. The van der Waals surface area contributed by atoms with Crippen molar-refractivity contribution in [2.75, 3.05) is 39.5 Å². The highest BCUT2D eigenvalue weighted by molar-refractivity contribution is 6.10. The first-order valence-corrected chi connectivity index (χ1v) is 15.7. The van der Waals surface area contributed by atoms with Crippen molar-refractivity contribution in [3.63, 3.8) is 0 Å². The first kappa shape index (κ1) is 31.5. The monoisotopic (exact) mass is 624 g/mol. The Kier molecular flexibility index (Phi) is 9.91. The molecule has 0 bridgehead atoms. The van der Waals surface area contributed by atoms with E-state index in [1.165, 1.54) is 0 Å². The van der Waals surface area contributed by atoms with Gasteiger partial charge in [0.05, 0.1) is 13.3 Å². The van der Waals surface area contributed by atoms with Crippen LogP contribution in [0.15, 0.2) is 145 Å². The number of nitrogens with zero attached hydrogens (tertiary/aromatic N) is 4. The van der Waals surface area contributed by atoms with Crippen LogP contribution in [0.3, 0.4) is 0 Å². The van der Waals surface area contributed by atoms with Gasteiger partial charge in [0.25, 0.3) is 11.8 Å². The highest BCUT2D eigenvalue weighted by atomic mass is 16.2. The van der Waals surface area contributed by atoms with E-state index < -0.39 is 0 Å². The summed E-state index contributed by atoms with van der Waals surface area (Å²) in [5.74, 6) is -0.564. The molecule has 0 atom stereocenters.